The molecular formula is C17H13ClF3N5O. The Hall–Kier alpha value is -2.94. The van der Waals surface area contributed by atoms with Crippen LogP contribution < -0.4 is 5.32 Å². The normalized spacial score (nSPS) is 11.4. The number of alkyl halides is 3. The summed E-state index contributed by atoms with van der Waals surface area (Å²) < 4.78 is 38.4. The fourth-order valence-electron chi connectivity index (χ4n) is 2.36. The lowest BCUT2D eigenvalue weighted by molar-refractivity contribution is -0.137. The molecule has 0 spiro atoms. The molecule has 0 aliphatic rings. The van der Waals surface area contributed by atoms with Crippen LogP contribution in [0.5, 0.6) is 0 Å². The molecule has 1 amide bonds. The molecule has 0 atom stereocenters. The third kappa shape index (κ3) is 4.43. The highest BCUT2D eigenvalue weighted by Gasteiger charge is 2.31. The number of aryl methyl sites for hydroxylation is 1. The Bertz CT molecular complexity index is 987. The van der Waals surface area contributed by atoms with E-state index in [2.05, 4.69) is 20.7 Å². The van der Waals surface area contributed by atoms with Gasteiger partial charge in [-0.25, -0.2) is 0 Å². The maximum Gasteiger partial charge on any atom is 0.416 e. The van der Waals surface area contributed by atoms with Crippen LogP contribution in [0.2, 0.25) is 5.02 Å². The van der Waals surface area contributed by atoms with Gasteiger partial charge in [-0.1, -0.05) is 35.9 Å². The van der Waals surface area contributed by atoms with Gasteiger partial charge in [-0.15, -0.1) is 10.2 Å². The summed E-state index contributed by atoms with van der Waals surface area (Å²) in [6, 6.07) is 10.1. The fraction of sp³-hybridized carbons (Fsp3) is 0.176. The number of nitrogens with zero attached hydrogens (tertiary/aromatic N) is 4. The summed E-state index contributed by atoms with van der Waals surface area (Å²) in [7, 11) is 0. The number of anilines is 1. The lowest BCUT2D eigenvalue weighted by Crippen LogP contribution is -2.21. The minimum atomic E-state index is -4.54. The lowest BCUT2D eigenvalue weighted by atomic mass is 10.1. The van der Waals surface area contributed by atoms with Crippen molar-refractivity contribution in [2.45, 2.75) is 19.6 Å². The van der Waals surface area contributed by atoms with Gasteiger partial charge in [0.1, 0.15) is 6.54 Å². The smallest absolute Gasteiger partial charge is 0.323 e. The highest BCUT2D eigenvalue weighted by atomic mass is 35.5. The number of hydrogen-bond donors (Lipinski definition) is 1. The number of carbonyl (C=O) groups is 1. The van der Waals surface area contributed by atoms with E-state index < -0.39 is 17.6 Å². The summed E-state index contributed by atoms with van der Waals surface area (Å²) >= 11 is 5.86. The first-order valence-electron chi connectivity index (χ1n) is 7.74. The first-order valence-corrected chi connectivity index (χ1v) is 8.12. The molecule has 0 aliphatic carbocycles. The summed E-state index contributed by atoms with van der Waals surface area (Å²) in [5.41, 5.74) is 0.654. The molecule has 1 N–H and O–H groups in total. The predicted octanol–water partition coefficient (Wildman–Crippen LogP) is 3.96. The number of hydrogen-bond acceptors (Lipinski definition) is 4. The zero-order chi connectivity index (χ0) is 19.6. The number of rotatable bonds is 4. The second-order valence-corrected chi connectivity index (χ2v) is 6.11. The summed E-state index contributed by atoms with van der Waals surface area (Å²) in [6.45, 7) is 1.56. The van der Waals surface area contributed by atoms with Gasteiger partial charge >= 0.3 is 6.18 Å². The second-order valence-electron chi connectivity index (χ2n) is 5.70. The molecule has 0 aliphatic heterocycles. The van der Waals surface area contributed by atoms with E-state index in [4.69, 9.17) is 11.6 Å². The molecule has 0 fully saturated rings. The molecule has 1 aromatic heterocycles. The van der Waals surface area contributed by atoms with E-state index in [9.17, 15) is 18.0 Å². The van der Waals surface area contributed by atoms with Crippen LogP contribution in [0.3, 0.4) is 0 Å². The number of tetrazole rings is 1. The minimum absolute atomic E-state index is 0.0106. The largest absolute Gasteiger partial charge is 0.416 e. The molecule has 140 valence electrons. The molecule has 0 unspecified atom stereocenters. The van der Waals surface area contributed by atoms with Crippen LogP contribution in [0, 0.1) is 6.92 Å². The molecule has 3 aromatic rings. The van der Waals surface area contributed by atoms with Gasteiger partial charge in [0.2, 0.25) is 11.7 Å². The summed E-state index contributed by atoms with van der Waals surface area (Å²) in [5.74, 6) is -0.289. The van der Waals surface area contributed by atoms with Gasteiger partial charge in [-0.2, -0.15) is 18.0 Å². The number of halogens is 4. The molecule has 0 saturated heterocycles. The van der Waals surface area contributed by atoms with Crippen molar-refractivity contribution < 1.29 is 18.0 Å². The maximum atomic E-state index is 12.8. The molecule has 0 radical (unpaired) electrons. The number of nitrogens with one attached hydrogen (secondary N) is 1. The first-order chi connectivity index (χ1) is 12.7. The highest BCUT2D eigenvalue weighted by Crippen LogP contribution is 2.33. The first kappa shape index (κ1) is 18.8. The molecule has 0 bridgehead atoms. The maximum absolute atomic E-state index is 12.8. The van der Waals surface area contributed by atoms with E-state index in [-0.39, 0.29) is 17.3 Å². The van der Waals surface area contributed by atoms with E-state index in [1.807, 2.05) is 31.2 Å². The molecule has 27 heavy (non-hydrogen) atoms. The van der Waals surface area contributed by atoms with Crippen molar-refractivity contribution in [1.82, 2.24) is 20.2 Å². The van der Waals surface area contributed by atoms with Gasteiger partial charge < -0.3 is 5.32 Å². The highest BCUT2D eigenvalue weighted by molar-refractivity contribution is 6.33. The van der Waals surface area contributed by atoms with E-state index >= 15 is 0 Å². The van der Waals surface area contributed by atoms with Crippen molar-refractivity contribution in [1.29, 1.82) is 0 Å². The van der Waals surface area contributed by atoms with E-state index in [1.165, 1.54) is 0 Å². The standard InChI is InChI=1S/C17H13ClF3N5O/c1-10-4-2-3-5-12(10)16-23-25-26(24-16)9-15(27)22-14-8-11(17(19,20)21)6-7-13(14)18/h2-8H,9H2,1H3,(H,22,27). The van der Waals surface area contributed by atoms with Crippen molar-refractivity contribution in [3.63, 3.8) is 0 Å². The van der Waals surface area contributed by atoms with Crippen LogP contribution in [-0.4, -0.2) is 26.1 Å². The Kier molecular flexibility index (Phi) is 5.13. The van der Waals surface area contributed by atoms with Crippen molar-refractivity contribution in [2.75, 3.05) is 5.32 Å². The Labute approximate surface area is 157 Å². The molecular weight excluding hydrogens is 383 g/mol. The summed E-state index contributed by atoms with van der Waals surface area (Å²) in [4.78, 5) is 13.2. The van der Waals surface area contributed by atoms with Crippen LogP contribution in [0.25, 0.3) is 11.4 Å². The Morgan fingerprint density at radius 1 is 1.22 bits per heavy atom. The van der Waals surface area contributed by atoms with Gasteiger partial charge in [-0.05, 0) is 35.9 Å². The number of aromatic nitrogens is 4. The summed E-state index contributed by atoms with van der Waals surface area (Å²) in [6.07, 6.45) is -4.54. The number of benzene rings is 2. The minimum Gasteiger partial charge on any atom is -0.323 e. The Morgan fingerprint density at radius 2 is 1.96 bits per heavy atom. The van der Waals surface area contributed by atoms with Crippen molar-refractivity contribution in [3.05, 3.63) is 58.6 Å². The number of amides is 1. The molecule has 3 rings (SSSR count). The zero-order valence-electron chi connectivity index (χ0n) is 14.0. The summed E-state index contributed by atoms with van der Waals surface area (Å²) in [5, 5.41) is 14.1. The Balaban J connectivity index is 1.73. The fourth-order valence-corrected chi connectivity index (χ4v) is 2.52. The van der Waals surface area contributed by atoms with Crippen LogP contribution in [0.15, 0.2) is 42.5 Å². The monoisotopic (exact) mass is 395 g/mol. The van der Waals surface area contributed by atoms with Gasteiger partial charge in [0, 0.05) is 5.56 Å². The molecule has 6 nitrogen and oxygen atoms in total. The van der Waals surface area contributed by atoms with Crippen molar-refractivity contribution in [2.24, 2.45) is 0 Å². The quantitative estimate of drug-likeness (QED) is 0.725. The third-order valence-corrected chi connectivity index (χ3v) is 4.02. The third-order valence-electron chi connectivity index (χ3n) is 3.69. The van der Waals surface area contributed by atoms with Gasteiger partial charge in [0.25, 0.3) is 0 Å². The van der Waals surface area contributed by atoms with Crippen LogP contribution in [-0.2, 0) is 17.5 Å². The second kappa shape index (κ2) is 7.36. The van der Waals surface area contributed by atoms with Crippen molar-refractivity contribution >= 4 is 23.2 Å². The Morgan fingerprint density at radius 3 is 2.67 bits per heavy atom. The van der Waals surface area contributed by atoms with Crippen LogP contribution >= 0.6 is 11.6 Å². The molecule has 2 aromatic carbocycles. The molecule has 10 heteroatoms. The molecule has 1 heterocycles. The van der Waals surface area contributed by atoms with Gasteiger partial charge in [-0.3, -0.25) is 4.79 Å². The van der Waals surface area contributed by atoms with Gasteiger partial charge in [0.05, 0.1) is 16.3 Å². The average molecular weight is 396 g/mol. The van der Waals surface area contributed by atoms with E-state index in [0.717, 1.165) is 34.1 Å². The number of carbonyl (C=O) groups excluding carboxylic acids is 1. The topological polar surface area (TPSA) is 72.7 Å². The van der Waals surface area contributed by atoms with E-state index in [0.29, 0.717) is 5.82 Å². The van der Waals surface area contributed by atoms with Gasteiger partial charge in [0.15, 0.2) is 0 Å². The SMILES string of the molecule is Cc1ccccc1-c1nnn(CC(=O)Nc2cc(C(F)(F)F)ccc2Cl)n1. The van der Waals surface area contributed by atoms with Crippen LogP contribution in [0.4, 0.5) is 18.9 Å². The average Bonchev–Trinajstić information content (AvgIpc) is 3.04. The predicted molar refractivity (Wildman–Crippen MR) is 93.1 cm³/mol. The van der Waals surface area contributed by atoms with E-state index in [1.54, 1.807) is 0 Å². The molecule has 0 saturated carbocycles. The van der Waals surface area contributed by atoms with Crippen LogP contribution in [0.1, 0.15) is 11.1 Å². The lowest BCUT2D eigenvalue weighted by Gasteiger charge is -2.11. The zero-order valence-corrected chi connectivity index (χ0v) is 14.7. The van der Waals surface area contributed by atoms with Crippen molar-refractivity contribution in [3.8, 4) is 11.4 Å².